The summed E-state index contributed by atoms with van der Waals surface area (Å²) >= 11 is 1.37. The number of aromatic amines is 1. The predicted molar refractivity (Wildman–Crippen MR) is 71.8 cm³/mol. The lowest BCUT2D eigenvalue weighted by Gasteiger charge is -2.00. The number of fused-ring (bicyclic) bond motifs is 3. The van der Waals surface area contributed by atoms with E-state index >= 15 is 0 Å². The first-order valence-electron chi connectivity index (χ1n) is 5.58. The number of thiazole rings is 1. The third-order valence-corrected chi connectivity index (χ3v) is 3.67. The minimum absolute atomic E-state index is 0.174. The minimum Gasteiger partial charge on any atom is -0.360 e. The number of nitrogens with one attached hydrogen (secondary N) is 1. The van der Waals surface area contributed by atoms with Gasteiger partial charge in [-0.15, -0.1) is 11.3 Å². The summed E-state index contributed by atoms with van der Waals surface area (Å²) in [5.74, 6) is 0. The summed E-state index contributed by atoms with van der Waals surface area (Å²) in [4.78, 5) is 23.6. The molecule has 0 bridgehead atoms. The first kappa shape index (κ1) is 10.4. The molecule has 0 saturated heterocycles. The van der Waals surface area contributed by atoms with Gasteiger partial charge in [0, 0.05) is 35.6 Å². The Balaban J connectivity index is 2.14. The van der Waals surface area contributed by atoms with Gasteiger partial charge in [0.15, 0.2) is 0 Å². The Morgan fingerprint density at radius 1 is 1.32 bits per heavy atom. The molecule has 19 heavy (non-hydrogen) atoms. The zero-order valence-electron chi connectivity index (χ0n) is 9.57. The van der Waals surface area contributed by atoms with E-state index in [1.54, 1.807) is 24.8 Å². The van der Waals surface area contributed by atoms with E-state index in [1.165, 1.54) is 16.0 Å². The van der Waals surface area contributed by atoms with Gasteiger partial charge < -0.3 is 4.98 Å². The van der Waals surface area contributed by atoms with Crippen LogP contribution in [0.25, 0.3) is 27.3 Å². The third-order valence-electron chi connectivity index (χ3n) is 2.93. The van der Waals surface area contributed by atoms with Gasteiger partial charge in [-0.25, -0.2) is 4.98 Å². The summed E-state index contributed by atoms with van der Waals surface area (Å²) in [6.45, 7) is 0. The molecule has 0 amide bonds. The van der Waals surface area contributed by atoms with Crippen LogP contribution in [0.3, 0.4) is 0 Å². The van der Waals surface area contributed by atoms with E-state index in [9.17, 15) is 4.79 Å². The molecule has 0 fully saturated rings. The van der Waals surface area contributed by atoms with Crippen LogP contribution < -0.4 is 5.56 Å². The number of H-pyrrole nitrogens is 1. The van der Waals surface area contributed by atoms with Crippen molar-refractivity contribution in [3.63, 3.8) is 0 Å². The summed E-state index contributed by atoms with van der Waals surface area (Å²) in [5, 5.41) is 7.58. The van der Waals surface area contributed by atoms with Crippen molar-refractivity contribution in [3.8, 4) is 16.4 Å². The summed E-state index contributed by atoms with van der Waals surface area (Å²) < 4.78 is 1.33. The van der Waals surface area contributed by atoms with Gasteiger partial charge in [-0.1, -0.05) is 0 Å². The Bertz CT molecular complexity index is 892. The second-order valence-corrected chi connectivity index (χ2v) is 4.88. The van der Waals surface area contributed by atoms with E-state index < -0.39 is 0 Å². The Morgan fingerprint density at radius 3 is 3.11 bits per heavy atom. The Morgan fingerprint density at radius 2 is 2.26 bits per heavy atom. The van der Waals surface area contributed by atoms with Gasteiger partial charge in [0.25, 0.3) is 5.56 Å². The highest BCUT2D eigenvalue weighted by Gasteiger charge is 2.19. The maximum absolute atomic E-state index is 12.3. The maximum Gasteiger partial charge on any atom is 0.284 e. The molecule has 0 radical (unpaired) electrons. The highest BCUT2D eigenvalue weighted by molar-refractivity contribution is 7.12. The monoisotopic (exact) mass is 269 g/mol. The fraction of sp³-hybridized carbons (Fsp3) is 0. The molecule has 0 unspecified atom stereocenters. The van der Waals surface area contributed by atoms with Crippen LogP contribution in [0.4, 0.5) is 0 Å². The van der Waals surface area contributed by atoms with E-state index in [4.69, 9.17) is 0 Å². The molecule has 0 aromatic carbocycles. The molecule has 0 aliphatic carbocycles. The van der Waals surface area contributed by atoms with Crippen molar-refractivity contribution >= 4 is 22.2 Å². The minimum atomic E-state index is -0.174. The molecular formula is C12H7N5OS. The standard InChI is InChI=1S/C12H7N5OS/c18-11-8-6-15-9-1-2-13-5-7(9)10(8)16-17(11)12-14-3-4-19-12/h1-6,15H. The molecule has 0 spiro atoms. The number of pyridine rings is 2. The van der Waals surface area contributed by atoms with Crippen LogP contribution in [-0.4, -0.2) is 24.7 Å². The van der Waals surface area contributed by atoms with Gasteiger partial charge in [0.1, 0.15) is 5.69 Å². The SMILES string of the molecule is O=c1c2c[nH]c3ccncc3c-2nn1-c1nccs1. The molecule has 2 aliphatic heterocycles. The number of nitrogens with zero attached hydrogens (tertiary/aromatic N) is 4. The van der Waals surface area contributed by atoms with Crippen molar-refractivity contribution in [1.29, 1.82) is 0 Å². The molecule has 2 aromatic rings. The summed E-state index contributed by atoms with van der Waals surface area (Å²) in [6.07, 6.45) is 6.72. The molecule has 92 valence electrons. The van der Waals surface area contributed by atoms with Gasteiger partial charge in [-0.3, -0.25) is 9.78 Å². The molecule has 4 rings (SSSR count). The maximum atomic E-state index is 12.3. The highest BCUT2D eigenvalue weighted by atomic mass is 32.1. The van der Waals surface area contributed by atoms with Crippen LogP contribution in [-0.2, 0) is 0 Å². The van der Waals surface area contributed by atoms with Crippen molar-refractivity contribution < 1.29 is 0 Å². The van der Waals surface area contributed by atoms with Gasteiger partial charge in [0.05, 0.1) is 11.1 Å². The molecule has 1 N–H and O–H groups in total. The topological polar surface area (TPSA) is 76.5 Å². The van der Waals surface area contributed by atoms with Crippen molar-refractivity contribution in [3.05, 3.63) is 46.6 Å². The highest BCUT2D eigenvalue weighted by Crippen LogP contribution is 2.25. The lowest BCUT2D eigenvalue weighted by Crippen LogP contribution is -2.14. The normalized spacial score (nSPS) is 11.4. The number of hydrogen-bond donors (Lipinski definition) is 1. The van der Waals surface area contributed by atoms with Gasteiger partial charge >= 0.3 is 0 Å². The zero-order chi connectivity index (χ0) is 12.8. The average molecular weight is 269 g/mol. The zero-order valence-corrected chi connectivity index (χ0v) is 10.4. The summed E-state index contributed by atoms with van der Waals surface area (Å²) in [7, 11) is 0. The number of hydrogen-bond acceptors (Lipinski definition) is 5. The molecule has 2 aliphatic rings. The molecule has 4 heterocycles. The van der Waals surface area contributed by atoms with Crippen LogP contribution >= 0.6 is 11.3 Å². The quantitative estimate of drug-likeness (QED) is 0.570. The largest absolute Gasteiger partial charge is 0.360 e. The van der Waals surface area contributed by atoms with Gasteiger partial charge in [0.2, 0.25) is 5.13 Å². The Labute approximate surface area is 110 Å². The van der Waals surface area contributed by atoms with E-state index in [0.29, 0.717) is 16.4 Å². The Hall–Kier alpha value is -2.54. The van der Waals surface area contributed by atoms with Crippen molar-refractivity contribution in [2.45, 2.75) is 0 Å². The van der Waals surface area contributed by atoms with E-state index in [2.05, 4.69) is 20.1 Å². The predicted octanol–water partition coefficient (Wildman–Crippen LogP) is 1.67. The smallest absolute Gasteiger partial charge is 0.284 e. The lowest BCUT2D eigenvalue weighted by molar-refractivity contribution is 0.849. The van der Waals surface area contributed by atoms with Crippen molar-refractivity contribution in [1.82, 2.24) is 24.7 Å². The number of aromatic nitrogens is 5. The fourth-order valence-corrected chi connectivity index (χ4v) is 2.64. The molecule has 2 aromatic heterocycles. The molecule has 0 atom stereocenters. The first-order chi connectivity index (χ1) is 9.34. The fourth-order valence-electron chi connectivity index (χ4n) is 2.05. The van der Waals surface area contributed by atoms with E-state index in [0.717, 1.165) is 10.9 Å². The Kier molecular flexibility index (Phi) is 2.04. The molecular weight excluding hydrogens is 262 g/mol. The van der Waals surface area contributed by atoms with Crippen LogP contribution in [0, 0.1) is 0 Å². The summed E-state index contributed by atoms with van der Waals surface area (Å²) in [5.41, 5.74) is 1.90. The van der Waals surface area contributed by atoms with Gasteiger partial charge in [-0.2, -0.15) is 9.78 Å². The van der Waals surface area contributed by atoms with Crippen LogP contribution in [0.5, 0.6) is 0 Å². The lowest BCUT2D eigenvalue weighted by atomic mass is 10.1. The van der Waals surface area contributed by atoms with Gasteiger partial charge in [-0.05, 0) is 6.07 Å². The second kappa shape index (κ2) is 3.72. The van der Waals surface area contributed by atoms with Crippen LogP contribution in [0.15, 0.2) is 41.0 Å². The first-order valence-corrected chi connectivity index (χ1v) is 6.46. The molecule has 6 nitrogen and oxygen atoms in total. The van der Waals surface area contributed by atoms with Crippen molar-refractivity contribution in [2.24, 2.45) is 0 Å². The van der Waals surface area contributed by atoms with Crippen molar-refractivity contribution in [2.75, 3.05) is 0 Å². The average Bonchev–Trinajstić information content (AvgIpc) is 3.07. The van der Waals surface area contributed by atoms with Crippen LogP contribution in [0.2, 0.25) is 0 Å². The third kappa shape index (κ3) is 1.42. The second-order valence-electron chi connectivity index (χ2n) is 4.00. The molecule has 0 saturated carbocycles. The van der Waals surface area contributed by atoms with E-state index in [1.807, 2.05) is 11.4 Å². The van der Waals surface area contributed by atoms with Crippen LogP contribution in [0.1, 0.15) is 0 Å². The summed E-state index contributed by atoms with van der Waals surface area (Å²) in [6, 6.07) is 1.85. The number of rotatable bonds is 1. The van der Waals surface area contributed by atoms with E-state index in [-0.39, 0.29) is 5.56 Å². The molecule has 7 heteroatoms.